The van der Waals surface area contributed by atoms with Gasteiger partial charge < -0.3 is 23.9 Å². The molecule has 0 radical (unpaired) electrons. The molecule has 0 amide bonds. The van der Waals surface area contributed by atoms with E-state index in [2.05, 4.69) is 9.55 Å². The van der Waals surface area contributed by atoms with Crippen molar-refractivity contribution in [3.8, 4) is 28.8 Å². The summed E-state index contributed by atoms with van der Waals surface area (Å²) >= 11 is 0. The van der Waals surface area contributed by atoms with Crippen LogP contribution in [0.25, 0.3) is 22.4 Å². The molecule has 0 unspecified atom stereocenters. The number of carboxylic acid groups (broad SMARTS) is 1. The smallest absolute Gasteiger partial charge is 0.307 e. The number of hydrogen-bond donors (Lipinski definition) is 1. The summed E-state index contributed by atoms with van der Waals surface area (Å²) in [5, 5.41) is 9.64. The highest BCUT2D eigenvalue weighted by molar-refractivity contribution is 5.88. The van der Waals surface area contributed by atoms with Crippen LogP contribution in [0.5, 0.6) is 17.4 Å². The second-order valence-electron chi connectivity index (χ2n) is 8.14. The third-order valence-electron chi connectivity index (χ3n) is 6.13. The first-order valence-corrected chi connectivity index (χ1v) is 10.3. The van der Waals surface area contributed by atoms with E-state index in [1.807, 2.05) is 18.2 Å². The number of pyridine rings is 1. The number of carbonyl (C=O) groups is 1. The summed E-state index contributed by atoms with van der Waals surface area (Å²) in [6, 6.07) is 5.88. The Morgan fingerprint density at radius 3 is 3.00 bits per heavy atom. The van der Waals surface area contributed by atoms with E-state index in [-0.39, 0.29) is 18.6 Å². The maximum absolute atomic E-state index is 11.7. The lowest BCUT2D eigenvalue weighted by atomic mass is 9.94. The van der Waals surface area contributed by atoms with Gasteiger partial charge in [0.1, 0.15) is 17.1 Å². The molecule has 0 saturated heterocycles. The standard InChI is InChI=1S/C22H21N3O5/c26-22(27)15(13-2-3-13)8-12-9-16-18-17(10-12)28-7-1-6-25(18)20(24-16)14-4-5-23-21-19(14)29-11-30-21/h4-5,9-10,13,15H,1-3,6-8,11H2,(H,26,27)/t15-/m0/s1. The minimum absolute atomic E-state index is 0.149. The first-order chi connectivity index (χ1) is 14.7. The number of rotatable bonds is 5. The van der Waals surface area contributed by atoms with E-state index in [1.165, 1.54) is 0 Å². The Bertz CT molecular complexity index is 1170. The largest absolute Gasteiger partial charge is 0.491 e. The molecule has 1 fully saturated rings. The molecule has 1 atom stereocenters. The Morgan fingerprint density at radius 1 is 1.27 bits per heavy atom. The molecule has 1 aromatic carbocycles. The quantitative estimate of drug-likeness (QED) is 0.693. The lowest BCUT2D eigenvalue weighted by molar-refractivity contribution is -0.142. The molecule has 30 heavy (non-hydrogen) atoms. The monoisotopic (exact) mass is 407 g/mol. The van der Waals surface area contributed by atoms with E-state index in [4.69, 9.17) is 19.2 Å². The highest BCUT2D eigenvalue weighted by Gasteiger charge is 2.36. The fourth-order valence-corrected chi connectivity index (χ4v) is 4.54. The zero-order chi connectivity index (χ0) is 20.2. The van der Waals surface area contributed by atoms with E-state index in [0.717, 1.165) is 59.5 Å². The summed E-state index contributed by atoms with van der Waals surface area (Å²) in [7, 11) is 0. The van der Waals surface area contributed by atoms with E-state index in [1.54, 1.807) is 6.20 Å². The Morgan fingerprint density at radius 2 is 2.17 bits per heavy atom. The van der Waals surface area contributed by atoms with E-state index >= 15 is 0 Å². The minimum atomic E-state index is -0.722. The average Bonchev–Trinajstić information content (AvgIpc) is 3.40. The van der Waals surface area contributed by atoms with Crippen molar-refractivity contribution < 1.29 is 24.1 Å². The molecular weight excluding hydrogens is 386 g/mol. The molecule has 1 N–H and O–H groups in total. The van der Waals surface area contributed by atoms with Gasteiger partial charge in [0.15, 0.2) is 5.75 Å². The molecule has 1 saturated carbocycles. The lowest BCUT2D eigenvalue weighted by Crippen LogP contribution is -2.18. The number of hydrogen-bond acceptors (Lipinski definition) is 6. The summed E-state index contributed by atoms with van der Waals surface area (Å²) < 4.78 is 19.3. The topological polar surface area (TPSA) is 95.7 Å². The van der Waals surface area contributed by atoms with Crippen molar-refractivity contribution in [2.24, 2.45) is 11.8 Å². The SMILES string of the molecule is O=C(O)[C@@H](Cc1cc2c3c(c1)nc(-c1ccnc4c1OCO4)n3CCCO2)C1CC1. The minimum Gasteiger partial charge on any atom is -0.491 e. The van der Waals surface area contributed by atoms with Crippen LogP contribution in [0.2, 0.25) is 0 Å². The second kappa shape index (κ2) is 6.62. The van der Waals surface area contributed by atoms with Crippen LogP contribution in [0.4, 0.5) is 0 Å². The summed E-state index contributed by atoms with van der Waals surface area (Å²) in [5.41, 5.74) is 3.54. The van der Waals surface area contributed by atoms with Gasteiger partial charge in [-0.15, -0.1) is 0 Å². The first-order valence-electron chi connectivity index (χ1n) is 10.3. The van der Waals surface area contributed by atoms with Crippen LogP contribution in [0.15, 0.2) is 24.4 Å². The molecule has 0 spiro atoms. The molecule has 154 valence electrons. The van der Waals surface area contributed by atoms with Gasteiger partial charge >= 0.3 is 5.97 Å². The zero-order valence-corrected chi connectivity index (χ0v) is 16.3. The van der Waals surface area contributed by atoms with Gasteiger partial charge in [-0.3, -0.25) is 4.79 Å². The van der Waals surface area contributed by atoms with Gasteiger partial charge in [-0.25, -0.2) is 9.97 Å². The van der Waals surface area contributed by atoms with Crippen LogP contribution in [-0.2, 0) is 17.8 Å². The van der Waals surface area contributed by atoms with Crippen LogP contribution >= 0.6 is 0 Å². The van der Waals surface area contributed by atoms with Crippen molar-refractivity contribution in [2.45, 2.75) is 32.2 Å². The van der Waals surface area contributed by atoms with Crippen molar-refractivity contribution in [3.63, 3.8) is 0 Å². The maximum atomic E-state index is 11.7. The molecule has 4 heterocycles. The normalized spacial score (nSPS) is 18.1. The number of benzene rings is 1. The zero-order valence-electron chi connectivity index (χ0n) is 16.3. The maximum Gasteiger partial charge on any atom is 0.307 e. The van der Waals surface area contributed by atoms with Gasteiger partial charge in [-0.2, -0.15) is 0 Å². The molecule has 2 aromatic heterocycles. The van der Waals surface area contributed by atoms with Gasteiger partial charge in [-0.05, 0) is 55.4 Å². The number of ether oxygens (including phenoxy) is 3. The lowest BCUT2D eigenvalue weighted by Gasteiger charge is -2.13. The molecule has 1 aliphatic carbocycles. The van der Waals surface area contributed by atoms with Crippen molar-refractivity contribution in [2.75, 3.05) is 13.4 Å². The Labute approximate surface area is 172 Å². The first kappa shape index (κ1) is 17.6. The third-order valence-corrected chi connectivity index (χ3v) is 6.13. The van der Waals surface area contributed by atoms with Crippen LogP contribution in [-0.4, -0.2) is 39.0 Å². The predicted molar refractivity (Wildman–Crippen MR) is 107 cm³/mol. The van der Waals surface area contributed by atoms with Crippen LogP contribution in [0.1, 0.15) is 24.8 Å². The van der Waals surface area contributed by atoms with Gasteiger partial charge in [0.2, 0.25) is 6.79 Å². The van der Waals surface area contributed by atoms with Crippen molar-refractivity contribution in [3.05, 3.63) is 30.0 Å². The average molecular weight is 407 g/mol. The Balaban J connectivity index is 1.49. The number of aliphatic carboxylic acids is 1. The third kappa shape index (κ3) is 2.78. The summed E-state index contributed by atoms with van der Waals surface area (Å²) in [6.45, 7) is 1.53. The van der Waals surface area contributed by atoms with Gasteiger partial charge in [0, 0.05) is 12.7 Å². The van der Waals surface area contributed by atoms with E-state index in [9.17, 15) is 9.90 Å². The number of aromatic nitrogens is 3. The van der Waals surface area contributed by atoms with Crippen molar-refractivity contribution in [1.82, 2.24) is 14.5 Å². The highest BCUT2D eigenvalue weighted by atomic mass is 16.7. The Hall–Kier alpha value is -3.29. The fourth-order valence-electron chi connectivity index (χ4n) is 4.54. The number of carboxylic acids is 1. The van der Waals surface area contributed by atoms with Gasteiger partial charge in [0.05, 0.1) is 23.6 Å². The highest BCUT2D eigenvalue weighted by Crippen LogP contribution is 2.43. The molecule has 3 aliphatic rings. The van der Waals surface area contributed by atoms with E-state index in [0.29, 0.717) is 24.7 Å². The molecule has 2 aliphatic heterocycles. The van der Waals surface area contributed by atoms with Gasteiger partial charge in [-0.1, -0.05) is 0 Å². The molecule has 6 rings (SSSR count). The predicted octanol–water partition coefficient (Wildman–Crippen LogP) is 3.26. The molecule has 3 aromatic rings. The second-order valence-corrected chi connectivity index (χ2v) is 8.14. The molecule has 0 bridgehead atoms. The Kier molecular flexibility index (Phi) is 3.87. The number of aryl methyl sites for hydroxylation is 1. The fraction of sp³-hybridized carbons (Fsp3) is 0.409. The van der Waals surface area contributed by atoms with Crippen LogP contribution in [0.3, 0.4) is 0 Å². The molecular formula is C22H21N3O5. The van der Waals surface area contributed by atoms with E-state index < -0.39 is 5.97 Å². The van der Waals surface area contributed by atoms with Crippen LogP contribution in [0, 0.1) is 11.8 Å². The van der Waals surface area contributed by atoms with Gasteiger partial charge in [0.25, 0.3) is 5.88 Å². The summed E-state index contributed by atoms with van der Waals surface area (Å²) in [4.78, 5) is 20.9. The number of nitrogens with zero attached hydrogens (tertiary/aromatic N) is 3. The van der Waals surface area contributed by atoms with Crippen molar-refractivity contribution in [1.29, 1.82) is 0 Å². The molecule has 8 nitrogen and oxygen atoms in total. The van der Waals surface area contributed by atoms with Crippen LogP contribution < -0.4 is 14.2 Å². The number of fused-ring (bicyclic) bond motifs is 1. The molecule has 8 heteroatoms. The number of imidazole rings is 1. The summed E-state index contributed by atoms with van der Waals surface area (Å²) in [5.74, 6) is 1.85. The summed E-state index contributed by atoms with van der Waals surface area (Å²) in [6.07, 6.45) is 5.04. The van der Waals surface area contributed by atoms with Crippen molar-refractivity contribution >= 4 is 17.0 Å².